The van der Waals surface area contributed by atoms with Crippen LogP contribution in [0, 0.1) is 64.6 Å². The molecule has 0 heterocycles. The molecule has 2 nitrogen and oxygen atoms in total. The molecule has 27 heavy (non-hydrogen) atoms. The van der Waals surface area contributed by atoms with Gasteiger partial charge in [0, 0.05) is 17.8 Å². The Hall–Kier alpha value is -0.810. The van der Waals surface area contributed by atoms with E-state index in [4.69, 9.17) is 0 Å². The van der Waals surface area contributed by atoms with Gasteiger partial charge in [0.15, 0.2) is 5.78 Å². The van der Waals surface area contributed by atoms with Crippen LogP contribution >= 0.6 is 0 Å². The van der Waals surface area contributed by atoms with Gasteiger partial charge in [-0.15, -0.1) is 0 Å². The minimum absolute atomic E-state index is 0.113. The zero-order chi connectivity index (χ0) is 18.6. The van der Waals surface area contributed by atoms with E-state index in [9.17, 15) is 9.90 Å². The first-order valence-electron chi connectivity index (χ1n) is 11.7. The zero-order valence-electron chi connectivity index (χ0n) is 17.0. The van der Waals surface area contributed by atoms with Crippen LogP contribution in [0.5, 0.6) is 0 Å². The lowest BCUT2D eigenvalue weighted by molar-refractivity contribution is -0.133. The number of carbonyl (C=O) groups excluding carboxylic acids is 1. The van der Waals surface area contributed by atoms with Crippen molar-refractivity contribution in [2.75, 3.05) is 6.61 Å². The van der Waals surface area contributed by atoms with Gasteiger partial charge >= 0.3 is 0 Å². The van der Waals surface area contributed by atoms with Gasteiger partial charge in [-0.05, 0) is 106 Å². The molecule has 5 fully saturated rings. The quantitative estimate of drug-likeness (QED) is 0.708. The molecule has 1 N–H and O–H groups in total. The summed E-state index contributed by atoms with van der Waals surface area (Å²) in [6.45, 7) is 2.13. The van der Waals surface area contributed by atoms with Crippen LogP contribution in [-0.2, 0) is 4.79 Å². The summed E-state index contributed by atoms with van der Waals surface area (Å²) in [6.07, 6.45) is 14.4. The van der Waals surface area contributed by atoms with Gasteiger partial charge < -0.3 is 5.11 Å². The van der Waals surface area contributed by atoms with Crippen LogP contribution in [0.3, 0.4) is 0 Å². The van der Waals surface area contributed by atoms with Gasteiger partial charge in [-0.1, -0.05) is 18.8 Å². The number of hydrogen-bond acceptors (Lipinski definition) is 2. The molecule has 8 unspecified atom stereocenters. The Labute approximate surface area is 164 Å². The van der Waals surface area contributed by atoms with Crippen molar-refractivity contribution in [2.24, 2.45) is 52.8 Å². The summed E-state index contributed by atoms with van der Waals surface area (Å²) >= 11 is 0. The number of rotatable bonds is 2. The van der Waals surface area contributed by atoms with Crippen LogP contribution in [0.1, 0.15) is 77.6 Å². The maximum Gasteiger partial charge on any atom is 0.161 e. The number of Topliss-reactive ketones (excluding diaryl/α,β-unsaturated/α-hetero) is 1. The fraction of sp³-hybridized carbons (Fsp3) is 0.880. The normalized spacial score (nSPS) is 48.6. The average Bonchev–Trinajstić information content (AvgIpc) is 3.45. The number of aliphatic hydroxyl groups excluding tert-OH is 1. The first-order chi connectivity index (χ1) is 13.1. The highest BCUT2D eigenvalue weighted by Crippen LogP contribution is 2.64. The molecule has 5 aliphatic carbocycles. The zero-order valence-corrected chi connectivity index (χ0v) is 17.0. The van der Waals surface area contributed by atoms with E-state index in [-0.39, 0.29) is 23.7 Å². The molecule has 5 rings (SSSR count). The van der Waals surface area contributed by atoms with Crippen LogP contribution in [0.25, 0.3) is 0 Å². The molecule has 5 saturated carbocycles. The van der Waals surface area contributed by atoms with E-state index in [1.54, 1.807) is 0 Å². The Morgan fingerprint density at radius 1 is 0.889 bits per heavy atom. The van der Waals surface area contributed by atoms with Gasteiger partial charge in [-0.2, -0.15) is 0 Å². The second-order valence-corrected chi connectivity index (χ2v) is 10.8. The maximum absolute atomic E-state index is 12.3. The number of fused-ring (bicyclic) bond motifs is 5. The minimum Gasteiger partial charge on any atom is -0.389 e. The predicted molar refractivity (Wildman–Crippen MR) is 107 cm³/mol. The Bertz CT molecular complexity index is 653. The van der Waals surface area contributed by atoms with E-state index in [0.29, 0.717) is 5.92 Å². The molecule has 148 valence electrons. The van der Waals surface area contributed by atoms with Crippen molar-refractivity contribution < 1.29 is 9.90 Å². The molecule has 0 bridgehead atoms. The van der Waals surface area contributed by atoms with Gasteiger partial charge in [0.25, 0.3) is 0 Å². The molecule has 0 saturated heterocycles. The lowest BCUT2D eigenvalue weighted by Gasteiger charge is -2.56. The van der Waals surface area contributed by atoms with Crippen LogP contribution in [-0.4, -0.2) is 17.5 Å². The summed E-state index contributed by atoms with van der Waals surface area (Å²) in [4.78, 5) is 12.3. The molecule has 2 heteroatoms. The molecular weight excluding hydrogens is 332 g/mol. The Kier molecular flexibility index (Phi) is 4.67. The smallest absolute Gasteiger partial charge is 0.161 e. The van der Waals surface area contributed by atoms with Crippen LogP contribution in [0.4, 0.5) is 0 Å². The predicted octanol–water partition coefficient (Wildman–Crippen LogP) is 4.85. The standard InChI is InChI=1S/C25H36O2/c1-25-13-12-20-19-8-6-17(5-4-16-2-3-16)14-18(19)7-9-21(20)22(25)10-11-23(25)24(27)15-26/h16-23,26H,2-3,6-15H2,1H3. The summed E-state index contributed by atoms with van der Waals surface area (Å²) in [7, 11) is 0. The number of aliphatic hydroxyl groups is 1. The lowest BCUT2D eigenvalue weighted by Crippen LogP contribution is -2.49. The van der Waals surface area contributed by atoms with Gasteiger partial charge in [-0.3, -0.25) is 4.79 Å². The minimum atomic E-state index is -0.255. The molecule has 0 aromatic heterocycles. The van der Waals surface area contributed by atoms with Crippen molar-refractivity contribution in [2.45, 2.75) is 77.6 Å². The highest BCUT2D eigenvalue weighted by atomic mass is 16.3. The van der Waals surface area contributed by atoms with Crippen molar-refractivity contribution in [1.82, 2.24) is 0 Å². The second-order valence-electron chi connectivity index (χ2n) is 10.8. The number of ketones is 1. The van der Waals surface area contributed by atoms with Crippen LogP contribution in [0.15, 0.2) is 0 Å². The number of carbonyl (C=O) groups is 1. The topological polar surface area (TPSA) is 37.3 Å². The third kappa shape index (κ3) is 3.09. The molecule has 0 radical (unpaired) electrons. The summed E-state index contributed by atoms with van der Waals surface area (Å²) in [5, 5.41) is 9.43. The summed E-state index contributed by atoms with van der Waals surface area (Å²) in [5.41, 5.74) is 0.167. The van der Waals surface area contributed by atoms with Gasteiger partial charge in [-0.25, -0.2) is 0 Å². The fourth-order valence-corrected chi connectivity index (χ4v) is 8.09. The highest BCUT2D eigenvalue weighted by Gasteiger charge is 2.58. The van der Waals surface area contributed by atoms with Gasteiger partial charge in [0.05, 0.1) is 0 Å². The van der Waals surface area contributed by atoms with Crippen molar-refractivity contribution >= 4 is 5.78 Å². The summed E-state index contributed by atoms with van der Waals surface area (Å²) in [6, 6.07) is 0. The summed E-state index contributed by atoms with van der Waals surface area (Å²) < 4.78 is 0. The molecule has 5 aliphatic rings. The molecule has 0 spiro atoms. The monoisotopic (exact) mass is 368 g/mol. The highest BCUT2D eigenvalue weighted by molar-refractivity contribution is 5.83. The van der Waals surface area contributed by atoms with E-state index in [1.165, 1.54) is 64.2 Å². The second kappa shape index (κ2) is 6.91. The van der Waals surface area contributed by atoms with Gasteiger partial charge in [0.2, 0.25) is 0 Å². The van der Waals surface area contributed by atoms with Crippen LogP contribution < -0.4 is 0 Å². The van der Waals surface area contributed by atoms with Crippen molar-refractivity contribution in [3.05, 3.63) is 0 Å². The molecule has 8 atom stereocenters. The van der Waals surface area contributed by atoms with E-state index in [1.807, 2.05) is 0 Å². The van der Waals surface area contributed by atoms with E-state index < -0.39 is 0 Å². The molecule has 0 amide bonds. The fourth-order valence-electron chi connectivity index (χ4n) is 8.09. The van der Waals surface area contributed by atoms with Crippen molar-refractivity contribution in [1.29, 1.82) is 0 Å². The van der Waals surface area contributed by atoms with E-state index >= 15 is 0 Å². The molecular formula is C25H36O2. The third-order valence-corrected chi connectivity index (χ3v) is 9.57. The Balaban J connectivity index is 1.29. The van der Waals surface area contributed by atoms with Crippen LogP contribution in [0.2, 0.25) is 0 Å². The van der Waals surface area contributed by atoms with Crippen molar-refractivity contribution in [3.8, 4) is 11.8 Å². The Morgan fingerprint density at radius 3 is 2.41 bits per heavy atom. The Morgan fingerprint density at radius 2 is 1.63 bits per heavy atom. The summed E-state index contributed by atoms with van der Waals surface area (Å²) in [5.74, 6) is 13.2. The van der Waals surface area contributed by atoms with Crippen molar-refractivity contribution in [3.63, 3.8) is 0 Å². The van der Waals surface area contributed by atoms with E-state index in [2.05, 4.69) is 18.8 Å². The average molecular weight is 369 g/mol. The molecule has 0 aliphatic heterocycles. The largest absolute Gasteiger partial charge is 0.389 e. The first-order valence-corrected chi connectivity index (χ1v) is 11.7. The molecule has 0 aromatic carbocycles. The number of hydrogen-bond donors (Lipinski definition) is 1. The SMILES string of the molecule is CC12CCC3C4CCC(C#CC5CC5)CC4CCC3C1CCC2C(=O)CO. The van der Waals surface area contributed by atoms with E-state index in [0.717, 1.165) is 41.9 Å². The third-order valence-electron chi connectivity index (χ3n) is 9.57. The van der Waals surface area contributed by atoms with Gasteiger partial charge in [0.1, 0.15) is 6.61 Å². The maximum atomic E-state index is 12.3. The molecule has 0 aromatic rings. The first kappa shape index (κ1) is 18.2. The lowest BCUT2D eigenvalue weighted by atomic mass is 9.49.